The van der Waals surface area contributed by atoms with Gasteiger partial charge >= 0.3 is 0 Å². The minimum Gasteiger partial charge on any atom is -0.393 e. The normalized spacial score (nSPS) is 13.0. The van der Waals surface area contributed by atoms with Gasteiger partial charge in [0, 0.05) is 20.6 Å². The molecule has 0 aliphatic carbocycles. The SMILES string of the molecule is Cc1cc2nc(-c3cccc(Br)c3)sc2c(-c2ccc(Cl)cc2)c1C(CO)OC(C)(C)C. The van der Waals surface area contributed by atoms with Gasteiger partial charge < -0.3 is 9.84 Å². The largest absolute Gasteiger partial charge is 0.393 e. The molecule has 1 unspecified atom stereocenters. The lowest BCUT2D eigenvalue weighted by Gasteiger charge is -2.29. The first-order chi connectivity index (χ1) is 15.2. The van der Waals surface area contributed by atoms with Crippen molar-refractivity contribution < 1.29 is 9.84 Å². The van der Waals surface area contributed by atoms with Crippen LogP contribution in [0.1, 0.15) is 38.0 Å². The molecule has 0 aliphatic heterocycles. The quantitative estimate of drug-likeness (QED) is 0.283. The zero-order valence-corrected chi connectivity index (χ0v) is 21.6. The van der Waals surface area contributed by atoms with E-state index in [1.807, 2.05) is 57.2 Å². The first-order valence-electron chi connectivity index (χ1n) is 10.4. The number of fused-ring (bicyclic) bond motifs is 1. The molecule has 1 aromatic heterocycles. The van der Waals surface area contributed by atoms with Gasteiger partial charge in [-0.3, -0.25) is 0 Å². The van der Waals surface area contributed by atoms with Crippen molar-refractivity contribution in [3.8, 4) is 21.7 Å². The molecule has 3 nitrogen and oxygen atoms in total. The molecule has 4 rings (SSSR count). The van der Waals surface area contributed by atoms with Crippen molar-refractivity contribution in [1.82, 2.24) is 4.98 Å². The molecule has 0 radical (unpaired) electrons. The van der Waals surface area contributed by atoms with E-state index in [1.54, 1.807) is 11.3 Å². The van der Waals surface area contributed by atoms with Crippen molar-refractivity contribution in [2.45, 2.75) is 39.4 Å². The molecule has 3 aromatic carbocycles. The smallest absolute Gasteiger partial charge is 0.124 e. The molecule has 0 aliphatic rings. The Morgan fingerprint density at radius 2 is 1.81 bits per heavy atom. The summed E-state index contributed by atoms with van der Waals surface area (Å²) in [6.07, 6.45) is -0.457. The average Bonchev–Trinajstić information content (AvgIpc) is 3.15. The van der Waals surface area contributed by atoms with Crippen LogP contribution in [-0.4, -0.2) is 22.3 Å². The molecule has 0 saturated heterocycles. The molecule has 6 heteroatoms. The van der Waals surface area contributed by atoms with Gasteiger partial charge in [-0.05, 0) is 74.7 Å². The number of aliphatic hydroxyl groups is 1. The van der Waals surface area contributed by atoms with Crippen LogP contribution in [0.2, 0.25) is 5.02 Å². The van der Waals surface area contributed by atoms with E-state index in [1.165, 1.54) is 0 Å². The fourth-order valence-electron chi connectivity index (χ4n) is 3.89. The topological polar surface area (TPSA) is 42.4 Å². The van der Waals surface area contributed by atoms with Crippen molar-refractivity contribution in [2.75, 3.05) is 6.61 Å². The number of ether oxygens (including phenoxy) is 1. The number of benzene rings is 3. The summed E-state index contributed by atoms with van der Waals surface area (Å²) in [6, 6.07) is 18.1. The molecule has 0 saturated carbocycles. The fourth-order valence-corrected chi connectivity index (χ4v) is 5.53. The molecule has 166 valence electrons. The number of rotatable bonds is 5. The van der Waals surface area contributed by atoms with Crippen molar-refractivity contribution >= 4 is 49.1 Å². The van der Waals surface area contributed by atoms with Crippen LogP contribution in [0.3, 0.4) is 0 Å². The highest BCUT2D eigenvalue weighted by atomic mass is 79.9. The second-order valence-electron chi connectivity index (χ2n) is 8.77. The van der Waals surface area contributed by atoms with Crippen molar-refractivity contribution in [3.05, 3.63) is 75.2 Å². The number of aromatic nitrogens is 1. The number of hydrogen-bond donors (Lipinski definition) is 1. The summed E-state index contributed by atoms with van der Waals surface area (Å²) >= 11 is 11.4. The predicted molar refractivity (Wildman–Crippen MR) is 139 cm³/mol. The second-order valence-corrected chi connectivity index (χ2v) is 11.1. The Kier molecular flexibility index (Phi) is 6.76. The minimum absolute atomic E-state index is 0.110. The van der Waals surface area contributed by atoms with Gasteiger partial charge in [-0.2, -0.15) is 0 Å². The molecule has 0 bridgehead atoms. The molecule has 1 heterocycles. The van der Waals surface area contributed by atoms with Crippen LogP contribution < -0.4 is 0 Å². The molecular formula is C26H25BrClNO2S. The summed E-state index contributed by atoms with van der Waals surface area (Å²) in [5, 5.41) is 11.9. The maximum atomic E-state index is 10.3. The Morgan fingerprint density at radius 3 is 2.44 bits per heavy atom. The Bertz CT molecular complexity index is 1260. The van der Waals surface area contributed by atoms with E-state index in [0.717, 1.165) is 47.5 Å². The van der Waals surface area contributed by atoms with E-state index in [-0.39, 0.29) is 6.61 Å². The van der Waals surface area contributed by atoms with E-state index < -0.39 is 11.7 Å². The maximum absolute atomic E-state index is 10.3. The highest BCUT2D eigenvalue weighted by Crippen LogP contribution is 2.44. The lowest BCUT2D eigenvalue weighted by molar-refractivity contribution is -0.0821. The first-order valence-corrected chi connectivity index (χ1v) is 12.4. The lowest BCUT2D eigenvalue weighted by Crippen LogP contribution is -2.25. The molecule has 1 N–H and O–H groups in total. The molecule has 32 heavy (non-hydrogen) atoms. The first kappa shape index (κ1) is 23.4. The third-order valence-corrected chi connectivity index (χ3v) is 7.00. The van der Waals surface area contributed by atoms with Gasteiger partial charge in [-0.15, -0.1) is 11.3 Å². The van der Waals surface area contributed by atoms with E-state index >= 15 is 0 Å². The number of aliphatic hydroxyl groups excluding tert-OH is 1. The van der Waals surface area contributed by atoms with Gasteiger partial charge in [0.2, 0.25) is 0 Å². The number of thiazole rings is 1. The Labute approximate surface area is 206 Å². The third-order valence-electron chi connectivity index (χ3n) is 5.12. The van der Waals surface area contributed by atoms with Crippen molar-refractivity contribution in [1.29, 1.82) is 0 Å². The zero-order chi connectivity index (χ0) is 23.0. The van der Waals surface area contributed by atoms with Crippen LogP contribution in [0.5, 0.6) is 0 Å². The number of aryl methyl sites for hydroxylation is 1. The maximum Gasteiger partial charge on any atom is 0.124 e. The van der Waals surface area contributed by atoms with Gasteiger partial charge in [0.25, 0.3) is 0 Å². The molecule has 4 aromatic rings. The van der Waals surface area contributed by atoms with Crippen LogP contribution in [0.4, 0.5) is 0 Å². The summed E-state index contributed by atoms with van der Waals surface area (Å²) in [5.74, 6) is 0. The van der Waals surface area contributed by atoms with E-state index in [0.29, 0.717) is 5.02 Å². The number of hydrogen-bond acceptors (Lipinski definition) is 4. The fraction of sp³-hybridized carbons (Fsp3) is 0.269. The Hall–Kier alpha value is -1.76. The average molecular weight is 531 g/mol. The van der Waals surface area contributed by atoms with Crippen LogP contribution in [0.25, 0.3) is 31.9 Å². The zero-order valence-electron chi connectivity index (χ0n) is 18.4. The number of halogens is 2. The molecule has 1 atom stereocenters. The van der Waals surface area contributed by atoms with Gasteiger partial charge in [0.15, 0.2) is 0 Å². The van der Waals surface area contributed by atoms with Crippen LogP contribution in [0, 0.1) is 6.92 Å². The van der Waals surface area contributed by atoms with Crippen molar-refractivity contribution in [3.63, 3.8) is 0 Å². The summed E-state index contributed by atoms with van der Waals surface area (Å²) in [5.41, 5.74) is 5.69. The molecule has 0 fully saturated rings. The van der Waals surface area contributed by atoms with Gasteiger partial charge in [-0.25, -0.2) is 4.98 Å². The van der Waals surface area contributed by atoms with E-state index in [4.69, 9.17) is 21.3 Å². The standard InChI is InChI=1S/C26H25BrClNO2S/c1-15-12-20-24(32-25(29-20)17-6-5-7-18(27)13-17)23(16-8-10-19(28)11-9-16)22(15)21(14-30)31-26(2,3)4/h5-13,21,30H,14H2,1-4H3. The molecule has 0 amide bonds. The molecule has 0 spiro atoms. The summed E-state index contributed by atoms with van der Waals surface area (Å²) in [4.78, 5) is 4.96. The van der Waals surface area contributed by atoms with E-state index in [9.17, 15) is 5.11 Å². The minimum atomic E-state index is -0.457. The van der Waals surface area contributed by atoms with Crippen LogP contribution >= 0.6 is 38.9 Å². The predicted octanol–water partition coefficient (Wildman–Crippen LogP) is 8.20. The summed E-state index contributed by atoms with van der Waals surface area (Å²) < 4.78 is 8.38. The highest BCUT2D eigenvalue weighted by molar-refractivity contribution is 9.10. The van der Waals surface area contributed by atoms with Gasteiger partial charge in [-0.1, -0.05) is 51.8 Å². The lowest BCUT2D eigenvalue weighted by atomic mass is 9.91. The molecular weight excluding hydrogens is 506 g/mol. The van der Waals surface area contributed by atoms with Crippen LogP contribution in [0.15, 0.2) is 59.1 Å². The Balaban J connectivity index is 2.00. The summed E-state index contributed by atoms with van der Waals surface area (Å²) in [7, 11) is 0. The number of nitrogens with zero attached hydrogens (tertiary/aromatic N) is 1. The van der Waals surface area contributed by atoms with Gasteiger partial charge in [0.05, 0.1) is 22.4 Å². The Morgan fingerprint density at radius 1 is 1.09 bits per heavy atom. The van der Waals surface area contributed by atoms with E-state index in [2.05, 4.69) is 41.1 Å². The monoisotopic (exact) mass is 529 g/mol. The highest BCUT2D eigenvalue weighted by Gasteiger charge is 2.27. The van der Waals surface area contributed by atoms with Crippen LogP contribution in [-0.2, 0) is 4.74 Å². The third kappa shape index (κ3) is 4.92. The van der Waals surface area contributed by atoms with Gasteiger partial charge in [0.1, 0.15) is 11.1 Å². The summed E-state index contributed by atoms with van der Waals surface area (Å²) in [6.45, 7) is 7.96. The van der Waals surface area contributed by atoms with Crippen molar-refractivity contribution in [2.24, 2.45) is 0 Å². The second kappa shape index (κ2) is 9.24.